The van der Waals surface area contributed by atoms with E-state index in [1.165, 1.54) is 7.11 Å². The van der Waals surface area contributed by atoms with E-state index in [2.05, 4.69) is 10.7 Å². The Morgan fingerprint density at radius 3 is 1.67 bits per heavy atom. The highest BCUT2D eigenvalue weighted by Gasteiger charge is 1.41. The van der Waals surface area contributed by atoms with Crippen LogP contribution in [-0.4, -0.2) is 12.4 Å². The van der Waals surface area contributed by atoms with Crippen molar-refractivity contribution in [2.24, 2.45) is 5.90 Å². The van der Waals surface area contributed by atoms with Gasteiger partial charge in [0, 0.05) is 0 Å². The lowest BCUT2D eigenvalue weighted by atomic mass is 11.7. The maximum atomic E-state index is 4.76. The van der Waals surface area contributed by atoms with E-state index in [-0.39, 0.29) is 5.34 Å². The summed E-state index contributed by atoms with van der Waals surface area (Å²) < 4.78 is 0. The number of rotatable bonds is 0. The molecule has 0 atom stereocenters. The first-order valence-corrected chi connectivity index (χ1v) is 2.25. The number of nitrogens with two attached hydrogens (primary N) is 1. The fourth-order valence-electron chi connectivity index (χ4n) is 0. The third kappa shape index (κ3) is 221. The second kappa shape index (κ2) is 17.8. The zero-order chi connectivity index (χ0) is 5.41. The standard InChI is InChI=1S/CH2Cl2.CH5NO/c2-1-3;1-3-2/h1H2;2H2,1H3. The zero-order valence-corrected chi connectivity index (χ0v) is 4.96. The summed E-state index contributed by atoms with van der Waals surface area (Å²) >= 11 is 9.53. The third-order valence-corrected chi connectivity index (χ3v) is 0. The smallest absolute Gasteiger partial charge is 0.0967 e. The highest BCUT2D eigenvalue weighted by atomic mass is 35.5. The predicted molar refractivity (Wildman–Crippen MR) is 27.8 cm³/mol. The molecule has 2 nitrogen and oxygen atoms in total. The van der Waals surface area contributed by atoms with Crippen molar-refractivity contribution in [1.29, 1.82) is 0 Å². The van der Waals surface area contributed by atoms with Gasteiger partial charge in [-0.3, -0.25) is 0 Å². The summed E-state index contributed by atoms with van der Waals surface area (Å²) in [5, 5.41) is 0.194. The van der Waals surface area contributed by atoms with Crippen molar-refractivity contribution in [3.63, 3.8) is 0 Å². The van der Waals surface area contributed by atoms with Crippen LogP contribution < -0.4 is 5.90 Å². The summed E-state index contributed by atoms with van der Waals surface area (Å²) in [6.07, 6.45) is 0. The van der Waals surface area contributed by atoms with Gasteiger partial charge < -0.3 is 4.84 Å². The van der Waals surface area contributed by atoms with Crippen molar-refractivity contribution in [2.45, 2.75) is 0 Å². The van der Waals surface area contributed by atoms with Crippen molar-refractivity contribution in [2.75, 3.05) is 12.4 Å². The summed E-state index contributed by atoms with van der Waals surface area (Å²) in [6, 6.07) is 0. The minimum atomic E-state index is 0.194. The first kappa shape index (κ1) is 9.71. The van der Waals surface area contributed by atoms with Crippen molar-refractivity contribution >= 4 is 23.2 Å². The van der Waals surface area contributed by atoms with Gasteiger partial charge in [0.15, 0.2) is 0 Å². The molecule has 0 aromatic rings. The normalized spacial score (nSPS) is 6.00. The van der Waals surface area contributed by atoms with Crippen LogP contribution in [0, 0.1) is 0 Å². The Balaban J connectivity index is 0. The van der Waals surface area contributed by atoms with Crippen LogP contribution in [0.25, 0.3) is 0 Å². The molecule has 0 aromatic heterocycles. The molecule has 0 radical (unpaired) electrons. The van der Waals surface area contributed by atoms with Gasteiger partial charge in [0.25, 0.3) is 0 Å². The summed E-state index contributed by atoms with van der Waals surface area (Å²) in [5.74, 6) is 4.35. The van der Waals surface area contributed by atoms with Gasteiger partial charge in [-0.1, -0.05) is 0 Å². The van der Waals surface area contributed by atoms with Crippen LogP contribution in [0.15, 0.2) is 0 Å². The Kier molecular flexibility index (Phi) is 28.8. The van der Waals surface area contributed by atoms with Gasteiger partial charge in [-0.2, -0.15) is 0 Å². The molecule has 0 saturated heterocycles. The molecule has 0 aliphatic carbocycles. The Hall–Kier alpha value is 0.500. The van der Waals surface area contributed by atoms with E-state index in [0.717, 1.165) is 0 Å². The molecule has 0 aromatic carbocycles. The molecular weight excluding hydrogens is 125 g/mol. The molecule has 0 fully saturated rings. The maximum Gasteiger partial charge on any atom is 0.0967 e. The fraction of sp³-hybridized carbons (Fsp3) is 1.00. The van der Waals surface area contributed by atoms with Crippen molar-refractivity contribution < 1.29 is 4.84 Å². The molecule has 6 heavy (non-hydrogen) atoms. The van der Waals surface area contributed by atoms with Gasteiger partial charge in [0.2, 0.25) is 0 Å². The van der Waals surface area contributed by atoms with E-state index in [9.17, 15) is 0 Å². The zero-order valence-electron chi connectivity index (χ0n) is 3.45. The second-order valence-corrected chi connectivity index (χ2v) is 1.14. The molecule has 0 aliphatic rings. The van der Waals surface area contributed by atoms with Gasteiger partial charge in [-0.25, -0.2) is 5.90 Å². The van der Waals surface area contributed by atoms with Crippen LogP contribution in [0.2, 0.25) is 0 Å². The highest BCUT2D eigenvalue weighted by molar-refractivity contribution is 6.40. The summed E-state index contributed by atoms with van der Waals surface area (Å²) in [4.78, 5) is 3.75. The summed E-state index contributed by atoms with van der Waals surface area (Å²) in [7, 11) is 1.40. The van der Waals surface area contributed by atoms with Gasteiger partial charge in [-0.05, 0) is 0 Å². The quantitative estimate of drug-likeness (QED) is 0.393. The number of halogens is 2. The van der Waals surface area contributed by atoms with E-state index in [1.807, 2.05) is 0 Å². The molecule has 0 bridgehead atoms. The maximum absolute atomic E-state index is 4.76. The molecule has 0 spiro atoms. The average Bonchev–Trinajstić information content (AvgIpc) is 1.39. The molecule has 2 N–H and O–H groups in total. The summed E-state index contributed by atoms with van der Waals surface area (Å²) in [5.41, 5.74) is 0. The van der Waals surface area contributed by atoms with Crippen LogP contribution in [0.3, 0.4) is 0 Å². The van der Waals surface area contributed by atoms with Crippen LogP contribution in [0.5, 0.6) is 0 Å². The molecule has 0 rings (SSSR count). The topological polar surface area (TPSA) is 35.2 Å². The SMILES string of the molecule is CON.ClCCl. The lowest BCUT2D eigenvalue weighted by molar-refractivity contribution is 0.206. The molecule has 0 heterocycles. The highest BCUT2D eigenvalue weighted by Crippen LogP contribution is 1.73. The van der Waals surface area contributed by atoms with Gasteiger partial charge in [0.1, 0.15) is 0 Å². The largest absolute Gasteiger partial charge is 0.308 e. The second-order valence-electron chi connectivity index (χ2n) is 0.337. The number of hydrogen-bond donors (Lipinski definition) is 1. The molecule has 4 heteroatoms. The molecule has 0 aliphatic heterocycles. The van der Waals surface area contributed by atoms with E-state index in [0.29, 0.717) is 0 Å². The number of alkyl halides is 2. The van der Waals surface area contributed by atoms with Gasteiger partial charge in [-0.15, -0.1) is 23.2 Å². The predicted octanol–water partition coefficient (Wildman–Crippen LogP) is 0.928. The van der Waals surface area contributed by atoms with E-state index in [1.54, 1.807) is 0 Å². The van der Waals surface area contributed by atoms with E-state index < -0.39 is 0 Å². The number of hydrogen-bond acceptors (Lipinski definition) is 2. The monoisotopic (exact) mass is 131 g/mol. The van der Waals surface area contributed by atoms with Crippen molar-refractivity contribution in [3.8, 4) is 0 Å². The van der Waals surface area contributed by atoms with E-state index >= 15 is 0 Å². The molecular formula is C2H7Cl2NO. The Morgan fingerprint density at radius 2 is 1.67 bits per heavy atom. The van der Waals surface area contributed by atoms with Crippen molar-refractivity contribution in [3.05, 3.63) is 0 Å². The minimum absolute atomic E-state index is 0.194. The average molecular weight is 132 g/mol. The summed E-state index contributed by atoms with van der Waals surface area (Å²) in [6.45, 7) is 0. The van der Waals surface area contributed by atoms with Crippen molar-refractivity contribution in [1.82, 2.24) is 0 Å². The van der Waals surface area contributed by atoms with Crippen LogP contribution in [0.4, 0.5) is 0 Å². The fourth-order valence-corrected chi connectivity index (χ4v) is 0. The third-order valence-electron chi connectivity index (χ3n) is 0. The van der Waals surface area contributed by atoms with Crippen LogP contribution >= 0.6 is 23.2 Å². The molecule has 0 unspecified atom stereocenters. The van der Waals surface area contributed by atoms with Gasteiger partial charge in [0.05, 0.1) is 12.4 Å². The Bertz CT molecular complexity index is 13.5. The molecule has 0 amide bonds. The van der Waals surface area contributed by atoms with Crippen LogP contribution in [0.1, 0.15) is 0 Å². The van der Waals surface area contributed by atoms with Crippen LogP contribution in [-0.2, 0) is 4.84 Å². The molecule has 40 valence electrons. The molecule has 0 saturated carbocycles. The lowest BCUT2D eigenvalue weighted by Gasteiger charge is -1.62. The lowest BCUT2D eigenvalue weighted by Crippen LogP contribution is -1.86. The first-order chi connectivity index (χ1) is 2.83. The minimum Gasteiger partial charge on any atom is -0.308 e. The Morgan fingerprint density at radius 1 is 1.67 bits per heavy atom. The Labute approximate surface area is 47.1 Å². The first-order valence-electron chi connectivity index (χ1n) is 1.18. The van der Waals surface area contributed by atoms with Gasteiger partial charge >= 0.3 is 0 Å². The van der Waals surface area contributed by atoms with E-state index in [4.69, 9.17) is 23.2 Å².